The molecule has 2 unspecified atom stereocenters. The van der Waals surface area contributed by atoms with E-state index in [0.29, 0.717) is 31.0 Å². The Morgan fingerprint density at radius 2 is 1.68 bits per heavy atom. The highest BCUT2D eigenvalue weighted by Gasteiger charge is 2.34. The summed E-state index contributed by atoms with van der Waals surface area (Å²) in [6.07, 6.45) is 6.02. The second kappa shape index (κ2) is 9.78. The van der Waals surface area contributed by atoms with Crippen LogP contribution in [0.5, 0.6) is 0 Å². The molecule has 0 radical (unpaired) electrons. The van der Waals surface area contributed by atoms with Gasteiger partial charge in [0.25, 0.3) is 0 Å². The molecule has 3 rings (SSSR count). The van der Waals surface area contributed by atoms with Crippen molar-refractivity contribution in [3.05, 3.63) is 35.9 Å². The molecule has 6 heteroatoms. The van der Waals surface area contributed by atoms with E-state index < -0.39 is 0 Å². The molecule has 2 aliphatic rings. The molecule has 25 heavy (non-hydrogen) atoms. The molecule has 2 aliphatic heterocycles. The summed E-state index contributed by atoms with van der Waals surface area (Å²) in [5.41, 5.74) is 1.20. The van der Waals surface area contributed by atoms with Crippen LogP contribution in [-0.4, -0.2) is 37.0 Å². The normalized spacial score (nSPS) is 24.2. The zero-order chi connectivity index (χ0) is 16.8. The predicted octanol–water partition coefficient (Wildman–Crippen LogP) is 1.80. The molecule has 2 bridgehead atoms. The lowest BCUT2D eigenvalue weighted by Gasteiger charge is -2.28. The summed E-state index contributed by atoms with van der Waals surface area (Å²) in [5.74, 6) is 0.342. The van der Waals surface area contributed by atoms with E-state index in [1.807, 2.05) is 30.3 Å². The molecule has 0 aliphatic carbocycles. The Morgan fingerprint density at radius 3 is 2.36 bits per heavy atom. The van der Waals surface area contributed by atoms with Gasteiger partial charge in [-0.05, 0) is 43.6 Å². The van der Waals surface area contributed by atoms with Crippen molar-refractivity contribution in [2.24, 2.45) is 5.92 Å². The minimum atomic E-state index is -0.121. The van der Waals surface area contributed by atoms with Crippen LogP contribution in [-0.2, 0) is 16.0 Å². The molecule has 0 aromatic heterocycles. The van der Waals surface area contributed by atoms with Crippen molar-refractivity contribution in [2.75, 3.05) is 13.1 Å². The minimum Gasteiger partial charge on any atom is -0.354 e. The van der Waals surface area contributed by atoms with Gasteiger partial charge in [0.2, 0.25) is 11.8 Å². The van der Waals surface area contributed by atoms with Gasteiger partial charge in [0.15, 0.2) is 0 Å². The Kier molecular flexibility index (Phi) is 7.72. The number of benzene rings is 1. The van der Waals surface area contributed by atoms with Gasteiger partial charge in [-0.1, -0.05) is 30.3 Å². The van der Waals surface area contributed by atoms with Crippen molar-refractivity contribution in [2.45, 2.75) is 50.6 Å². The number of hydrogen-bond acceptors (Lipinski definition) is 3. The van der Waals surface area contributed by atoms with Crippen LogP contribution in [0.1, 0.15) is 37.7 Å². The zero-order valence-corrected chi connectivity index (χ0v) is 15.3. The molecule has 3 N–H and O–H groups in total. The minimum absolute atomic E-state index is 0. The van der Waals surface area contributed by atoms with Crippen molar-refractivity contribution in [3.8, 4) is 0 Å². The zero-order valence-electron chi connectivity index (χ0n) is 14.5. The van der Waals surface area contributed by atoms with E-state index in [-0.39, 0.29) is 30.8 Å². The molecule has 138 valence electrons. The molecule has 2 atom stereocenters. The number of amides is 2. The van der Waals surface area contributed by atoms with Crippen LogP contribution in [0.15, 0.2) is 30.3 Å². The molecular formula is C19H28ClN3O2. The number of halogens is 1. The van der Waals surface area contributed by atoms with Gasteiger partial charge in [0.1, 0.15) is 0 Å². The van der Waals surface area contributed by atoms with Crippen LogP contribution >= 0.6 is 12.4 Å². The van der Waals surface area contributed by atoms with Gasteiger partial charge in [0, 0.05) is 25.0 Å². The van der Waals surface area contributed by atoms with Gasteiger partial charge in [-0.2, -0.15) is 0 Å². The van der Waals surface area contributed by atoms with Crippen molar-refractivity contribution in [1.82, 2.24) is 16.0 Å². The van der Waals surface area contributed by atoms with Crippen LogP contribution in [0, 0.1) is 5.92 Å². The first-order valence-corrected chi connectivity index (χ1v) is 9.02. The number of piperidine rings is 1. The van der Waals surface area contributed by atoms with Gasteiger partial charge in [-0.25, -0.2) is 0 Å². The van der Waals surface area contributed by atoms with E-state index in [1.165, 1.54) is 18.4 Å². The number of fused-ring (bicyclic) bond motifs is 2. The summed E-state index contributed by atoms with van der Waals surface area (Å²) in [6, 6.07) is 11.2. The number of carbonyl (C=O) groups excluding carboxylic acids is 2. The molecule has 0 spiro atoms. The summed E-state index contributed by atoms with van der Waals surface area (Å²) < 4.78 is 0. The van der Waals surface area contributed by atoms with E-state index in [4.69, 9.17) is 0 Å². The lowest BCUT2D eigenvalue weighted by atomic mass is 9.89. The van der Waals surface area contributed by atoms with Crippen LogP contribution in [0.4, 0.5) is 0 Å². The van der Waals surface area contributed by atoms with Gasteiger partial charge < -0.3 is 16.0 Å². The molecular weight excluding hydrogens is 338 g/mol. The highest BCUT2D eigenvalue weighted by atomic mass is 35.5. The third-order valence-electron chi connectivity index (χ3n) is 5.07. The fourth-order valence-corrected chi connectivity index (χ4v) is 3.91. The largest absolute Gasteiger partial charge is 0.354 e. The number of hydrogen-bond donors (Lipinski definition) is 3. The Labute approximate surface area is 155 Å². The molecule has 2 amide bonds. The Balaban J connectivity index is 0.00000225. The number of rotatable bonds is 7. The second-order valence-corrected chi connectivity index (χ2v) is 7.04. The fourth-order valence-electron chi connectivity index (χ4n) is 3.91. The van der Waals surface area contributed by atoms with Crippen molar-refractivity contribution in [1.29, 1.82) is 0 Å². The monoisotopic (exact) mass is 365 g/mol. The molecule has 1 aromatic rings. The van der Waals surface area contributed by atoms with E-state index in [0.717, 1.165) is 19.3 Å². The Hall–Kier alpha value is -1.59. The highest BCUT2D eigenvalue weighted by Crippen LogP contribution is 2.32. The van der Waals surface area contributed by atoms with Gasteiger partial charge in [-0.15, -0.1) is 12.4 Å². The topological polar surface area (TPSA) is 70.2 Å². The van der Waals surface area contributed by atoms with Crippen LogP contribution in [0.25, 0.3) is 0 Å². The van der Waals surface area contributed by atoms with E-state index in [9.17, 15) is 9.59 Å². The molecule has 2 fully saturated rings. The SMILES string of the molecule is Cl.O=C(CNC(=O)CC1CC2CCC(C1)N2)NCCc1ccccc1. The lowest BCUT2D eigenvalue weighted by Crippen LogP contribution is -2.41. The fraction of sp³-hybridized carbons (Fsp3) is 0.579. The average molecular weight is 366 g/mol. The van der Waals surface area contributed by atoms with E-state index in [2.05, 4.69) is 16.0 Å². The highest BCUT2D eigenvalue weighted by molar-refractivity contribution is 5.85. The first-order valence-electron chi connectivity index (χ1n) is 9.02. The van der Waals surface area contributed by atoms with E-state index >= 15 is 0 Å². The molecule has 2 saturated heterocycles. The lowest BCUT2D eigenvalue weighted by molar-refractivity contribution is -0.126. The van der Waals surface area contributed by atoms with Crippen molar-refractivity contribution in [3.63, 3.8) is 0 Å². The van der Waals surface area contributed by atoms with Crippen molar-refractivity contribution >= 4 is 24.2 Å². The summed E-state index contributed by atoms with van der Waals surface area (Å²) in [6.45, 7) is 0.668. The quantitative estimate of drug-likeness (QED) is 0.690. The molecule has 5 nitrogen and oxygen atoms in total. The third kappa shape index (κ3) is 6.33. The summed E-state index contributed by atoms with van der Waals surface area (Å²) >= 11 is 0. The van der Waals surface area contributed by atoms with Crippen LogP contribution < -0.4 is 16.0 Å². The Morgan fingerprint density at radius 1 is 1.00 bits per heavy atom. The van der Waals surface area contributed by atoms with Crippen LogP contribution in [0.2, 0.25) is 0 Å². The third-order valence-corrected chi connectivity index (χ3v) is 5.07. The van der Waals surface area contributed by atoms with E-state index in [1.54, 1.807) is 0 Å². The Bertz CT molecular complexity index is 555. The van der Waals surface area contributed by atoms with Gasteiger partial charge in [-0.3, -0.25) is 9.59 Å². The summed E-state index contributed by atoms with van der Waals surface area (Å²) in [5, 5.41) is 9.19. The first-order chi connectivity index (χ1) is 11.7. The van der Waals surface area contributed by atoms with Crippen LogP contribution in [0.3, 0.4) is 0 Å². The second-order valence-electron chi connectivity index (χ2n) is 7.04. The maximum absolute atomic E-state index is 12.0. The van der Waals surface area contributed by atoms with Gasteiger partial charge in [0.05, 0.1) is 6.54 Å². The molecule has 0 saturated carbocycles. The van der Waals surface area contributed by atoms with Gasteiger partial charge >= 0.3 is 0 Å². The molecule has 2 heterocycles. The summed E-state index contributed by atoms with van der Waals surface area (Å²) in [4.78, 5) is 23.8. The maximum Gasteiger partial charge on any atom is 0.239 e. The number of nitrogens with one attached hydrogen (secondary N) is 3. The standard InChI is InChI=1S/C19H27N3O2.ClH/c23-18(12-15-10-16-6-7-17(11-15)22-16)21-13-19(24)20-9-8-14-4-2-1-3-5-14;/h1-5,15-17,22H,6-13H2,(H,20,24)(H,21,23);1H. The summed E-state index contributed by atoms with van der Waals surface area (Å²) in [7, 11) is 0. The first kappa shape index (κ1) is 19.7. The molecule has 1 aromatic carbocycles. The average Bonchev–Trinajstić information content (AvgIpc) is 2.92. The smallest absolute Gasteiger partial charge is 0.239 e. The van der Waals surface area contributed by atoms with Crippen molar-refractivity contribution < 1.29 is 9.59 Å². The predicted molar refractivity (Wildman–Crippen MR) is 101 cm³/mol. The number of carbonyl (C=O) groups is 2. The maximum atomic E-state index is 12.0.